The van der Waals surface area contributed by atoms with E-state index in [0.29, 0.717) is 17.9 Å². The Bertz CT molecular complexity index is 542. The number of benzene rings is 1. The lowest BCUT2D eigenvalue weighted by atomic mass is 10.1. The van der Waals surface area contributed by atoms with Gasteiger partial charge in [0, 0.05) is 12.6 Å². The van der Waals surface area contributed by atoms with Crippen LogP contribution in [0, 0.1) is 0 Å². The number of likely N-dealkylation sites (N-methyl/N-ethyl adjacent to an activating group) is 1. The first kappa shape index (κ1) is 23.0. The van der Waals surface area contributed by atoms with E-state index in [-0.39, 0.29) is 18.4 Å². The summed E-state index contributed by atoms with van der Waals surface area (Å²) in [7, 11) is 3.18. The van der Waals surface area contributed by atoms with Gasteiger partial charge in [-0.3, -0.25) is 9.59 Å². The van der Waals surface area contributed by atoms with Crippen LogP contribution in [0.15, 0.2) is 24.3 Å². The molecule has 1 aromatic carbocycles. The van der Waals surface area contributed by atoms with Crippen molar-refractivity contribution in [3.8, 4) is 5.75 Å². The Morgan fingerprint density at radius 3 is 2.00 bits per heavy atom. The molecule has 5 nitrogen and oxygen atoms in total. The highest BCUT2D eigenvalue weighted by Crippen LogP contribution is 2.13. The minimum absolute atomic E-state index is 0.0394. The molecule has 0 heterocycles. The van der Waals surface area contributed by atoms with Gasteiger partial charge in [-0.1, -0.05) is 58.3 Å². The zero-order chi connectivity index (χ0) is 19.9. The van der Waals surface area contributed by atoms with Crippen molar-refractivity contribution < 1.29 is 19.1 Å². The topological polar surface area (TPSA) is 55.8 Å². The molecule has 0 saturated carbocycles. The van der Waals surface area contributed by atoms with Crippen LogP contribution in [0.5, 0.6) is 5.75 Å². The molecule has 1 amide bonds. The van der Waals surface area contributed by atoms with E-state index in [0.717, 1.165) is 12.8 Å². The summed E-state index contributed by atoms with van der Waals surface area (Å²) in [5, 5.41) is 0. The van der Waals surface area contributed by atoms with Gasteiger partial charge in [0.2, 0.25) is 0 Å². The number of carbonyl (C=O) groups excluding carboxylic acids is 2. The third-order valence-electron chi connectivity index (χ3n) is 4.56. The second-order valence-corrected chi connectivity index (χ2v) is 6.94. The number of methoxy groups -OCH3 is 1. The Kier molecular flexibility index (Phi) is 12.0. The van der Waals surface area contributed by atoms with Crippen LogP contribution < -0.4 is 4.74 Å². The van der Waals surface area contributed by atoms with Gasteiger partial charge in [-0.05, 0) is 30.7 Å². The van der Waals surface area contributed by atoms with Gasteiger partial charge in [-0.2, -0.15) is 0 Å². The fourth-order valence-corrected chi connectivity index (χ4v) is 2.86. The number of esters is 1. The van der Waals surface area contributed by atoms with E-state index in [4.69, 9.17) is 9.47 Å². The summed E-state index contributed by atoms with van der Waals surface area (Å²) in [5.41, 5.74) is 0.519. The molecule has 0 aromatic heterocycles. The van der Waals surface area contributed by atoms with Gasteiger partial charge in [-0.15, -0.1) is 0 Å². The SMILES string of the molecule is CCCCCCCCCCCOC(=O)CN(C)C(=O)c1ccc(OC)cc1. The number of hydrogen-bond acceptors (Lipinski definition) is 4. The Morgan fingerprint density at radius 1 is 0.889 bits per heavy atom. The van der Waals surface area contributed by atoms with Gasteiger partial charge in [0.05, 0.1) is 13.7 Å². The molecule has 1 rings (SSSR count). The predicted molar refractivity (Wildman–Crippen MR) is 108 cm³/mol. The number of amides is 1. The lowest BCUT2D eigenvalue weighted by molar-refractivity contribution is -0.144. The van der Waals surface area contributed by atoms with E-state index in [1.165, 1.54) is 49.8 Å². The molecular formula is C22H35NO4. The van der Waals surface area contributed by atoms with Crippen LogP contribution in [0.25, 0.3) is 0 Å². The van der Waals surface area contributed by atoms with Crippen molar-refractivity contribution in [1.29, 1.82) is 0 Å². The molecule has 1 aromatic rings. The molecule has 0 bridgehead atoms. The zero-order valence-electron chi connectivity index (χ0n) is 17.2. The molecule has 0 N–H and O–H groups in total. The molecule has 0 fully saturated rings. The highest BCUT2D eigenvalue weighted by Gasteiger charge is 2.15. The maximum atomic E-state index is 12.3. The summed E-state index contributed by atoms with van der Waals surface area (Å²) in [6.07, 6.45) is 11.0. The van der Waals surface area contributed by atoms with Crippen molar-refractivity contribution >= 4 is 11.9 Å². The summed E-state index contributed by atoms with van der Waals surface area (Å²) in [5.74, 6) is 0.117. The highest BCUT2D eigenvalue weighted by atomic mass is 16.5. The molecule has 0 aliphatic rings. The number of nitrogens with zero attached hydrogens (tertiary/aromatic N) is 1. The number of rotatable bonds is 14. The van der Waals surface area contributed by atoms with Gasteiger partial charge in [0.15, 0.2) is 0 Å². The predicted octanol–water partition coefficient (Wildman–Crippen LogP) is 4.84. The van der Waals surface area contributed by atoms with E-state index in [2.05, 4.69) is 6.92 Å². The van der Waals surface area contributed by atoms with Crippen molar-refractivity contribution in [3.63, 3.8) is 0 Å². The molecule has 0 aliphatic carbocycles. The number of carbonyl (C=O) groups is 2. The summed E-state index contributed by atoms with van der Waals surface area (Å²) >= 11 is 0. The van der Waals surface area contributed by atoms with E-state index in [1.54, 1.807) is 38.4 Å². The monoisotopic (exact) mass is 377 g/mol. The molecule has 0 spiro atoms. The van der Waals surface area contributed by atoms with Crippen LogP contribution in [0.1, 0.15) is 75.1 Å². The summed E-state index contributed by atoms with van der Waals surface area (Å²) < 4.78 is 10.3. The molecule has 0 atom stereocenters. The largest absolute Gasteiger partial charge is 0.497 e. The van der Waals surface area contributed by atoms with Crippen LogP contribution in [0.3, 0.4) is 0 Å². The molecule has 0 saturated heterocycles. The van der Waals surface area contributed by atoms with E-state index < -0.39 is 0 Å². The average molecular weight is 378 g/mol. The molecule has 27 heavy (non-hydrogen) atoms. The first-order valence-corrected chi connectivity index (χ1v) is 10.1. The maximum Gasteiger partial charge on any atom is 0.325 e. The molecule has 0 unspecified atom stereocenters. The fraction of sp³-hybridized carbons (Fsp3) is 0.636. The maximum absolute atomic E-state index is 12.3. The number of ether oxygens (including phenoxy) is 2. The van der Waals surface area contributed by atoms with Crippen LogP contribution in [-0.2, 0) is 9.53 Å². The quantitative estimate of drug-likeness (QED) is 0.344. The summed E-state index contributed by atoms with van der Waals surface area (Å²) in [4.78, 5) is 25.6. The van der Waals surface area contributed by atoms with Crippen LogP contribution in [-0.4, -0.2) is 44.1 Å². The van der Waals surface area contributed by atoms with Gasteiger partial charge >= 0.3 is 5.97 Å². The lowest BCUT2D eigenvalue weighted by Crippen LogP contribution is -2.33. The molecule has 152 valence electrons. The Labute approximate surface area is 164 Å². The Morgan fingerprint density at radius 2 is 1.44 bits per heavy atom. The summed E-state index contributed by atoms with van der Waals surface area (Å²) in [6, 6.07) is 6.82. The van der Waals surface area contributed by atoms with Crippen molar-refractivity contribution in [2.24, 2.45) is 0 Å². The van der Waals surface area contributed by atoms with E-state index >= 15 is 0 Å². The van der Waals surface area contributed by atoms with Crippen LogP contribution >= 0.6 is 0 Å². The normalized spacial score (nSPS) is 10.5. The second kappa shape index (κ2) is 14.1. The first-order valence-electron chi connectivity index (χ1n) is 10.1. The standard InChI is InChI=1S/C22H35NO4/c1-4-5-6-7-8-9-10-11-12-17-27-21(24)18-23(2)22(25)19-13-15-20(26-3)16-14-19/h13-16H,4-12,17-18H2,1-3H3. The minimum atomic E-state index is -0.362. The van der Waals surface area contributed by atoms with Gasteiger partial charge in [-0.25, -0.2) is 0 Å². The summed E-state index contributed by atoms with van der Waals surface area (Å²) in [6.45, 7) is 2.62. The fourth-order valence-electron chi connectivity index (χ4n) is 2.86. The van der Waals surface area contributed by atoms with Crippen molar-refractivity contribution in [1.82, 2.24) is 4.90 Å². The van der Waals surface area contributed by atoms with Gasteiger partial charge in [0.1, 0.15) is 12.3 Å². The number of hydrogen-bond donors (Lipinski definition) is 0. The molecule has 0 radical (unpaired) electrons. The smallest absolute Gasteiger partial charge is 0.325 e. The second-order valence-electron chi connectivity index (χ2n) is 6.94. The van der Waals surface area contributed by atoms with E-state index in [1.807, 2.05) is 0 Å². The van der Waals surface area contributed by atoms with Crippen LogP contribution in [0.2, 0.25) is 0 Å². The van der Waals surface area contributed by atoms with Crippen molar-refractivity contribution in [2.75, 3.05) is 27.3 Å². The highest BCUT2D eigenvalue weighted by molar-refractivity contribution is 5.95. The molecule has 0 aliphatic heterocycles. The number of unbranched alkanes of at least 4 members (excludes halogenated alkanes) is 8. The third kappa shape index (κ3) is 10.0. The third-order valence-corrected chi connectivity index (χ3v) is 4.56. The average Bonchev–Trinajstić information content (AvgIpc) is 2.68. The molecular weight excluding hydrogens is 342 g/mol. The first-order chi connectivity index (χ1) is 13.1. The van der Waals surface area contributed by atoms with E-state index in [9.17, 15) is 9.59 Å². The van der Waals surface area contributed by atoms with Crippen molar-refractivity contribution in [2.45, 2.75) is 64.7 Å². The van der Waals surface area contributed by atoms with Crippen molar-refractivity contribution in [3.05, 3.63) is 29.8 Å². The van der Waals surface area contributed by atoms with Gasteiger partial charge in [0.25, 0.3) is 5.91 Å². The van der Waals surface area contributed by atoms with Crippen LogP contribution in [0.4, 0.5) is 0 Å². The Balaban J connectivity index is 2.12. The minimum Gasteiger partial charge on any atom is -0.497 e. The lowest BCUT2D eigenvalue weighted by Gasteiger charge is -2.16. The van der Waals surface area contributed by atoms with Gasteiger partial charge < -0.3 is 14.4 Å². The molecule has 5 heteroatoms. The Hall–Kier alpha value is -2.04. The zero-order valence-corrected chi connectivity index (χ0v) is 17.2.